The van der Waals surface area contributed by atoms with Gasteiger partial charge in [0.05, 0.1) is 0 Å². The molecule has 0 spiro atoms. The second-order valence-corrected chi connectivity index (χ2v) is 7.77. The van der Waals surface area contributed by atoms with Crippen molar-refractivity contribution in [2.45, 2.75) is 54.4 Å². The van der Waals surface area contributed by atoms with Crippen LogP contribution in [0, 0.1) is 0 Å². The summed E-state index contributed by atoms with van der Waals surface area (Å²) < 4.78 is 3.55. The van der Waals surface area contributed by atoms with Gasteiger partial charge in [0.1, 0.15) is 0 Å². The molecule has 3 heteroatoms. The topological polar surface area (TPSA) is 0 Å². The zero-order valence-corrected chi connectivity index (χ0v) is 17.4. The van der Waals surface area contributed by atoms with Crippen LogP contribution in [0.15, 0.2) is 41.2 Å². The fraction of sp³-hybridized carbons (Fsp3) is 0.500. The molecule has 0 saturated heterocycles. The van der Waals surface area contributed by atoms with Crippen molar-refractivity contribution in [1.82, 2.24) is 0 Å². The van der Waals surface area contributed by atoms with Crippen molar-refractivity contribution in [3.63, 3.8) is 0 Å². The molecule has 2 rings (SSSR count). The summed E-state index contributed by atoms with van der Waals surface area (Å²) in [4.78, 5) is 0. The van der Waals surface area contributed by atoms with Crippen LogP contribution in [0.5, 0.6) is 0 Å². The summed E-state index contributed by atoms with van der Waals surface area (Å²) in [5, 5.41) is 0. The summed E-state index contributed by atoms with van der Waals surface area (Å²) >= 11 is -0.0443. The van der Waals surface area contributed by atoms with E-state index in [1.165, 1.54) is 12.8 Å². The average molecular weight is 422 g/mol. The van der Waals surface area contributed by atoms with Gasteiger partial charge in [0.25, 0.3) is 0 Å². The van der Waals surface area contributed by atoms with E-state index in [0.717, 1.165) is 0 Å². The standard InChI is InChI=1S/2C8H11.2BrH.Ti/c2*1-6-4-5-7(2)8(6)3;;;/h2*4H2,1-3H3;2*1H;/q;;;;+2/p-2. The molecule has 0 aliphatic heterocycles. The maximum absolute atomic E-state index is 2.32. The fourth-order valence-corrected chi connectivity index (χ4v) is 5.46. The zero-order valence-electron chi connectivity index (χ0n) is 12.7. The summed E-state index contributed by atoms with van der Waals surface area (Å²) in [6, 6.07) is 0. The van der Waals surface area contributed by atoms with Crippen LogP contribution in [0.1, 0.15) is 54.4 Å². The third-order valence-corrected chi connectivity index (χ3v) is 7.16. The van der Waals surface area contributed by atoms with Crippen molar-refractivity contribution in [2.75, 3.05) is 0 Å². The van der Waals surface area contributed by atoms with E-state index in [-0.39, 0.29) is 53.1 Å². The van der Waals surface area contributed by atoms with Gasteiger partial charge in [-0.25, -0.2) is 0 Å². The van der Waals surface area contributed by atoms with Gasteiger partial charge in [-0.1, -0.05) is 0 Å². The molecular formula is C16H22Br2Ti. The zero-order chi connectivity index (χ0) is 12.7. The van der Waals surface area contributed by atoms with E-state index >= 15 is 0 Å². The largest absolute Gasteiger partial charge is 1.00 e. The molecule has 0 aromatic rings. The Balaban J connectivity index is 0.00000162. The first-order chi connectivity index (χ1) is 7.91. The third kappa shape index (κ3) is 3.84. The first-order valence-corrected chi connectivity index (χ1v) is 7.98. The van der Waals surface area contributed by atoms with Gasteiger partial charge < -0.3 is 34.0 Å². The molecule has 0 nitrogen and oxygen atoms in total. The molecule has 0 bridgehead atoms. The second kappa shape index (κ2) is 7.59. The molecule has 2 aliphatic carbocycles. The van der Waals surface area contributed by atoms with Crippen molar-refractivity contribution in [3.8, 4) is 0 Å². The Kier molecular flexibility index (Phi) is 7.84. The Labute approximate surface area is 148 Å². The predicted octanol–water partition coefficient (Wildman–Crippen LogP) is -0.895. The first kappa shape index (κ1) is 19.6. The Morgan fingerprint density at radius 1 is 0.579 bits per heavy atom. The van der Waals surface area contributed by atoms with Gasteiger partial charge >= 0.3 is 115 Å². The van der Waals surface area contributed by atoms with Crippen LogP contribution in [0.4, 0.5) is 0 Å². The summed E-state index contributed by atoms with van der Waals surface area (Å²) in [5.41, 5.74) is 9.51. The van der Waals surface area contributed by atoms with Gasteiger partial charge in [0.2, 0.25) is 0 Å². The van der Waals surface area contributed by atoms with Crippen LogP contribution >= 0.6 is 0 Å². The molecule has 0 aromatic carbocycles. The maximum atomic E-state index is 2.32. The monoisotopic (exact) mass is 420 g/mol. The molecule has 0 heterocycles. The van der Waals surface area contributed by atoms with E-state index in [2.05, 4.69) is 41.5 Å². The van der Waals surface area contributed by atoms with Crippen molar-refractivity contribution in [2.24, 2.45) is 0 Å². The molecule has 0 unspecified atom stereocenters. The Bertz CT molecular complexity index is 459. The molecule has 0 N–H and O–H groups in total. The van der Waals surface area contributed by atoms with E-state index in [1.54, 1.807) is 41.2 Å². The van der Waals surface area contributed by atoms with Crippen LogP contribution in [0.2, 0.25) is 0 Å². The minimum Gasteiger partial charge on any atom is -1.00 e. The number of hydrogen-bond acceptors (Lipinski definition) is 0. The van der Waals surface area contributed by atoms with Gasteiger partial charge in [-0.2, -0.15) is 0 Å². The van der Waals surface area contributed by atoms with E-state index < -0.39 is 0 Å². The van der Waals surface area contributed by atoms with Crippen molar-refractivity contribution in [3.05, 3.63) is 41.2 Å². The van der Waals surface area contributed by atoms with E-state index in [4.69, 9.17) is 0 Å². The molecule has 0 aromatic heterocycles. The first-order valence-electron chi connectivity index (χ1n) is 6.41. The Hall–Kier alpha value is 0.634. The summed E-state index contributed by atoms with van der Waals surface area (Å²) in [6.07, 6.45) is 2.51. The minimum absolute atomic E-state index is 0. The van der Waals surface area contributed by atoms with Gasteiger partial charge in [-0.05, 0) is 0 Å². The van der Waals surface area contributed by atoms with Crippen LogP contribution in [-0.4, -0.2) is 0 Å². The van der Waals surface area contributed by atoms with Crippen LogP contribution < -0.4 is 34.0 Å². The van der Waals surface area contributed by atoms with Crippen molar-refractivity contribution < 1.29 is 53.1 Å². The fourth-order valence-electron chi connectivity index (χ4n) is 2.61. The van der Waals surface area contributed by atoms with Gasteiger partial charge in [-0.15, -0.1) is 0 Å². The molecule has 0 atom stereocenters. The molecule has 104 valence electrons. The van der Waals surface area contributed by atoms with Gasteiger partial charge in [0.15, 0.2) is 0 Å². The predicted molar refractivity (Wildman–Crippen MR) is 71.4 cm³/mol. The normalized spacial score (nSPS) is 18.8. The second-order valence-electron chi connectivity index (χ2n) is 5.50. The quantitative estimate of drug-likeness (QED) is 0.507. The Morgan fingerprint density at radius 3 is 1.11 bits per heavy atom. The SMILES string of the molecule is CC1=C(C)C(C)=[C]([Ti+2][C]2=C(C)C(C)=C(C)C2)C1.[Br-].[Br-]. The van der Waals surface area contributed by atoms with Gasteiger partial charge in [0, 0.05) is 0 Å². The smallest absolute Gasteiger partial charge is 1.00 e. The molecule has 0 amide bonds. The molecule has 0 fully saturated rings. The number of hydrogen-bond donors (Lipinski definition) is 0. The number of rotatable bonds is 2. The van der Waals surface area contributed by atoms with Crippen LogP contribution in [0.25, 0.3) is 0 Å². The van der Waals surface area contributed by atoms with Crippen molar-refractivity contribution >= 4 is 0 Å². The van der Waals surface area contributed by atoms with E-state index in [9.17, 15) is 0 Å². The maximum Gasteiger partial charge on any atom is -1.00 e. The molecular weight excluding hydrogens is 400 g/mol. The third-order valence-electron chi connectivity index (χ3n) is 4.50. The summed E-state index contributed by atoms with van der Waals surface area (Å²) in [5.74, 6) is 0. The average Bonchev–Trinajstić information content (AvgIpc) is 2.66. The van der Waals surface area contributed by atoms with Gasteiger partial charge in [-0.3, -0.25) is 0 Å². The minimum atomic E-state index is -0.0443. The summed E-state index contributed by atoms with van der Waals surface area (Å²) in [6.45, 7) is 13.8. The van der Waals surface area contributed by atoms with Crippen LogP contribution in [-0.2, 0) is 19.2 Å². The number of allylic oxidation sites excluding steroid dienone is 8. The molecule has 2 aliphatic rings. The molecule has 0 saturated carbocycles. The molecule has 0 radical (unpaired) electrons. The Morgan fingerprint density at radius 2 is 0.895 bits per heavy atom. The number of halogens is 2. The van der Waals surface area contributed by atoms with E-state index in [0.29, 0.717) is 0 Å². The van der Waals surface area contributed by atoms with E-state index in [1.807, 2.05) is 0 Å². The molecule has 19 heavy (non-hydrogen) atoms. The van der Waals surface area contributed by atoms with Crippen LogP contribution in [0.3, 0.4) is 0 Å². The summed E-state index contributed by atoms with van der Waals surface area (Å²) in [7, 11) is 0. The van der Waals surface area contributed by atoms with Crippen molar-refractivity contribution in [1.29, 1.82) is 0 Å².